The van der Waals surface area contributed by atoms with Gasteiger partial charge in [-0.1, -0.05) is 11.6 Å². The Balaban J connectivity index is 1.93. The van der Waals surface area contributed by atoms with E-state index in [9.17, 15) is 0 Å². The minimum atomic E-state index is 0.572. The van der Waals surface area contributed by atoms with Crippen molar-refractivity contribution in [2.24, 2.45) is 5.92 Å². The van der Waals surface area contributed by atoms with E-state index in [0.29, 0.717) is 17.1 Å². The van der Waals surface area contributed by atoms with Crippen LogP contribution in [0.25, 0.3) is 0 Å². The molecule has 1 atom stereocenters. The van der Waals surface area contributed by atoms with E-state index in [1.54, 1.807) is 12.4 Å². The summed E-state index contributed by atoms with van der Waals surface area (Å²) in [6.45, 7) is 6.97. The Morgan fingerprint density at radius 1 is 1.28 bits per heavy atom. The highest BCUT2D eigenvalue weighted by atomic mass is 35.5. The lowest BCUT2D eigenvalue weighted by atomic mass is 9.95. The molecular formula is C14H22ClN3. The summed E-state index contributed by atoms with van der Waals surface area (Å²) in [5.74, 6) is 0.697. The van der Waals surface area contributed by atoms with E-state index in [4.69, 9.17) is 11.6 Å². The summed E-state index contributed by atoms with van der Waals surface area (Å²) < 4.78 is 0. The molecule has 0 aliphatic carbocycles. The summed E-state index contributed by atoms with van der Waals surface area (Å²) in [4.78, 5) is 11.0. The Morgan fingerprint density at radius 3 is 2.78 bits per heavy atom. The van der Waals surface area contributed by atoms with Crippen molar-refractivity contribution >= 4 is 11.6 Å². The van der Waals surface area contributed by atoms with Gasteiger partial charge in [0.1, 0.15) is 5.15 Å². The second-order valence-electron chi connectivity index (χ2n) is 5.42. The van der Waals surface area contributed by atoms with Crippen molar-refractivity contribution in [2.75, 3.05) is 13.1 Å². The number of hydrogen-bond acceptors (Lipinski definition) is 3. The highest BCUT2D eigenvalue weighted by molar-refractivity contribution is 6.29. The summed E-state index contributed by atoms with van der Waals surface area (Å²) in [5.41, 5.74) is 0.960. The molecular weight excluding hydrogens is 246 g/mol. The van der Waals surface area contributed by atoms with Crippen molar-refractivity contribution < 1.29 is 0 Å². The van der Waals surface area contributed by atoms with Crippen molar-refractivity contribution in [3.63, 3.8) is 0 Å². The van der Waals surface area contributed by atoms with Crippen LogP contribution in [-0.4, -0.2) is 34.0 Å². The molecule has 18 heavy (non-hydrogen) atoms. The van der Waals surface area contributed by atoms with Crippen molar-refractivity contribution in [2.45, 2.75) is 45.6 Å². The smallest absolute Gasteiger partial charge is 0.150 e. The van der Waals surface area contributed by atoms with Gasteiger partial charge in [-0.15, -0.1) is 0 Å². The van der Waals surface area contributed by atoms with Crippen LogP contribution in [-0.2, 0) is 6.42 Å². The zero-order valence-corrected chi connectivity index (χ0v) is 12.0. The Bertz CT molecular complexity index is 381. The predicted octanol–water partition coefficient (Wildman–Crippen LogP) is 3.18. The molecule has 0 amide bonds. The molecule has 2 rings (SSSR count). The van der Waals surface area contributed by atoms with Crippen LogP contribution in [0.4, 0.5) is 0 Å². The van der Waals surface area contributed by atoms with Gasteiger partial charge < -0.3 is 4.90 Å². The van der Waals surface area contributed by atoms with Crippen LogP contribution in [0.3, 0.4) is 0 Å². The van der Waals surface area contributed by atoms with Gasteiger partial charge in [-0.05, 0) is 58.5 Å². The van der Waals surface area contributed by atoms with Gasteiger partial charge in [-0.25, -0.2) is 4.98 Å². The normalized spacial score (nSPS) is 22.1. The summed E-state index contributed by atoms with van der Waals surface area (Å²) in [5, 5.41) is 0.572. The molecule has 0 unspecified atom stereocenters. The molecule has 0 N–H and O–H groups in total. The molecule has 0 spiro atoms. The van der Waals surface area contributed by atoms with Crippen molar-refractivity contribution in [3.05, 3.63) is 23.2 Å². The molecule has 4 heteroatoms. The Hall–Kier alpha value is -0.670. The van der Waals surface area contributed by atoms with Crippen LogP contribution in [0, 0.1) is 5.92 Å². The Labute approximate surface area is 115 Å². The van der Waals surface area contributed by atoms with E-state index in [1.807, 2.05) is 0 Å². The molecule has 1 aliphatic heterocycles. The van der Waals surface area contributed by atoms with Gasteiger partial charge in [0.05, 0.1) is 5.69 Å². The van der Waals surface area contributed by atoms with E-state index in [-0.39, 0.29) is 0 Å². The van der Waals surface area contributed by atoms with Gasteiger partial charge >= 0.3 is 0 Å². The molecule has 1 aliphatic rings. The first kappa shape index (κ1) is 13.8. The fourth-order valence-electron chi connectivity index (χ4n) is 2.67. The zero-order valence-electron chi connectivity index (χ0n) is 11.3. The van der Waals surface area contributed by atoms with Crippen LogP contribution in [0.15, 0.2) is 12.4 Å². The maximum Gasteiger partial charge on any atom is 0.150 e. The van der Waals surface area contributed by atoms with Crippen molar-refractivity contribution in [1.82, 2.24) is 14.9 Å². The van der Waals surface area contributed by atoms with Gasteiger partial charge in [0.25, 0.3) is 0 Å². The van der Waals surface area contributed by atoms with E-state index in [2.05, 4.69) is 28.7 Å². The average molecular weight is 268 g/mol. The quantitative estimate of drug-likeness (QED) is 0.842. The predicted molar refractivity (Wildman–Crippen MR) is 74.8 cm³/mol. The highest BCUT2D eigenvalue weighted by Gasteiger charge is 2.20. The van der Waals surface area contributed by atoms with Crippen molar-refractivity contribution in [1.29, 1.82) is 0 Å². The number of likely N-dealkylation sites (tertiary alicyclic amines) is 1. The minimum Gasteiger partial charge on any atom is -0.301 e. The number of halogens is 1. The first-order valence-electron chi connectivity index (χ1n) is 6.86. The third kappa shape index (κ3) is 3.66. The van der Waals surface area contributed by atoms with Gasteiger partial charge in [-0.2, -0.15) is 0 Å². The summed E-state index contributed by atoms with van der Waals surface area (Å²) in [7, 11) is 0. The van der Waals surface area contributed by atoms with Crippen molar-refractivity contribution in [3.8, 4) is 0 Å². The first-order valence-corrected chi connectivity index (χ1v) is 7.24. The highest BCUT2D eigenvalue weighted by Crippen LogP contribution is 2.24. The molecule has 1 aromatic rings. The maximum absolute atomic E-state index is 6.08. The zero-order chi connectivity index (χ0) is 13.0. The molecule has 1 aromatic heterocycles. The lowest BCUT2D eigenvalue weighted by molar-refractivity contribution is 0.228. The van der Waals surface area contributed by atoms with Gasteiger partial charge in [0, 0.05) is 18.4 Å². The van der Waals surface area contributed by atoms with Gasteiger partial charge in [-0.3, -0.25) is 4.98 Å². The minimum absolute atomic E-state index is 0.572. The van der Waals surface area contributed by atoms with Crippen LogP contribution in [0.1, 0.15) is 38.8 Å². The maximum atomic E-state index is 6.08. The van der Waals surface area contributed by atoms with E-state index in [1.165, 1.54) is 32.4 Å². The Kier molecular flexibility index (Phi) is 4.95. The molecule has 0 aromatic carbocycles. The number of hydrogen-bond donors (Lipinski definition) is 0. The third-order valence-corrected chi connectivity index (χ3v) is 4.13. The second kappa shape index (κ2) is 6.48. The molecule has 3 nitrogen and oxygen atoms in total. The topological polar surface area (TPSA) is 29.0 Å². The summed E-state index contributed by atoms with van der Waals surface area (Å²) in [6.07, 6.45) is 8.15. The standard InChI is InChI=1S/C14H22ClN3/c1-11(2)18-8-3-4-12(5-9-18)10-13-14(15)17-7-6-16-13/h6-7,11-12H,3-5,8-10H2,1-2H3/t12-/m1/s1. The van der Waals surface area contributed by atoms with Crippen LogP contribution in [0.5, 0.6) is 0 Å². The summed E-state index contributed by atoms with van der Waals surface area (Å²) in [6, 6.07) is 0.656. The lowest BCUT2D eigenvalue weighted by Crippen LogP contribution is -2.31. The largest absolute Gasteiger partial charge is 0.301 e. The summed E-state index contributed by atoms with van der Waals surface area (Å²) >= 11 is 6.08. The Morgan fingerprint density at radius 2 is 2.06 bits per heavy atom. The fraction of sp³-hybridized carbons (Fsp3) is 0.714. The van der Waals surface area contributed by atoms with E-state index in [0.717, 1.165) is 12.1 Å². The first-order chi connectivity index (χ1) is 8.66. The van der Waals surface area contributed by atoms with E-state index < -0.39 is 0 Å². The molecule has 0 radical (unpaired) electrons. The monoisotopic (exact) mass is 267 g/mol. The molecule has 100 valence electrons. The molecule has 2 heterocycles. The van der Waals surface area contributed by atoms with Crippen LogP contribution in [0.2, 0.25) is 5.15 Å². The third-order valence-electron chi connectivity index (χ3n) is 3.82. The SMILES string of the molecule is CC(C)N1CCC[C@@H](Cc2nccnc2Cl)CC1. The van der Waals surface area contributed by atoms with E-state index >= 15 is 0 Å². The number of aromatic nitrogens is 2. The molecule has 1 saturated heterocycles. The second-order valence-corrected chi connectivity index (χ2v) is 5.78. The van der Waals surface area contributed by atoms with Gasteiger partial charge in [0.2, 0.25) is 0 Å². The fourth-order valence-corrected chi connectivity index (χ4v) is 2.85. The number of rotatable bonds is 3. The van der Waals surface area contributed by atoms with Crippen LogP contribution < -0.4 is 0 Å². The van der Waals surface area contributed by atoms with Gasteiger partial charge in [0.15, 0.2) is 0 Å². The molecule has 0 bridgehead atoms. The lowest BCUT2D eigenvalue weighted by Gasteiger charge is -2.24. The molecule has 0 saturated carbocycles. The number of nitrogens with zero attached hydrogens (tertiary/aromatic N) is 3. The molecule has 1 fully saturated rings. The van der Waals surface area contributed by atoms with Crippen LogP contribution >= 0.6 is 11.6 Å². The average Bonchev–Trinajstić information content (AvgIpc) is 2.58.